The molecular formula is C26H32N6O3. The lowest BCUT2D eigenvalue weighted by atomic mass is 10.1. The van der Waals surface area contributed by atoms with Crippen molar-refractivity contribution < 1.29 is 9.53 Å². The second-order valence-corrected chi connectivity index (χ2v) is 9.42. The Hall–Kier alpha value is -3.75. The molecule has 184 valence electrons. The molecule has 1 atom stereocenters. The molecule has 1 fully saturated rings. The van der Waals surface area contributed by atoms with E-state index in [0.717, 1.165) is 59.8 Å². The van der Waals surface area contributed by atoms with Gasteiger partial charge in [-0.15, -0.1) is 0 Å². The van der Waals surface area contributed by atoms with Crippen LogP contribution in [0.5, 0.6) is 5.75 Å². The number of likely N-dealkylation sites (N-methyl/N-ethyl adjacent to an activating group) is 1. The highest BCUT2D eigenvalue weighted by atomic mass is 16.5. The van der Waals surface area contributed by atoms with E-state index in [9.17, 15) is 9.59 Å². The smallest absolute Gasteiger partial charge is 0.253 e. The van der Waals surface area contributed by atoms with E-state index in [2.05, 4.69) is 33.1 Å². The number of aromatic nitrogens is 2. The van der Waals surface area contributed by atoms with E-state index in [4.69, 9.17) is 9.72 Å². The first-order valence-corrected chi connectivity index (χ1v) is 12.0. The third-order valence-corrected chi connectivity index (χ3v) is 7.34. The number of methoxy groups -OCH3 is 1. The summed E-state index contributed by atoms with van der Waals surface area (Å²) >= 11 is 0. The van der Waals surface area contributed by atoms with Crippen LogP contribution in [-0.2, 0) is 11.8 Å². The van der Waals surface area contributed by atoms with Gasteiger partial charge in [-0.1, -0.05) is 0 Å². The van der Waals surface area contributed by atoms with Crippen molar-refractivity contribution in [1.29, 1.82) is 0 Å². The maximum absolute atomic E-state index is 12.6. The highest BCUT2D eigenvalue weighted by Crippen LogP contribution is 2.42. The summed E-state index contributed by atoms with van der Waals surface area (Å²) < 4.78 is 7.29. The first-order valence-electron chi connectivity index (χ1n) is 12.0. The summed E-state index contributed by atoms with van der Waals surface area (Å²) in [7, 11) is 7.22. The topological polar surface area (TPSA) is 82.9 Å². The summed E-state index contributed by atoms with van der Waals surface area (Å²) in [5, 5.41) is 3.76. The lowest BCUT2D eigenvalue weighted by Crippen LogP contribution is -2.37. The van der Waals surface area contributed by atoms with Gasteiger partial charge in [0.05, 0.1) is 41.8 Å². The SMILES string of the molecule is CNC(=O)C1CCN(c2cc3c(cn2)N(c2cc(OC)cc4c2cc(C)c(=O)n4C)CCN3C)C1. The van der Waals surface area contributed by atoms with E-state index in [0.29, 0.717) is 17.9 Å². The van der Waals surface area contributed by atoms with Crippen molar-refractivity contribution in [2.45, 2.75) is 13.3 Å². The van der Waals surface area contributed by atoms with Crippen molar-refractivity contribution in [3.8, 4) is 5.75 Å². The van der Waals surface area contributed by atoms with Crippen molar-refractivity contribution in [2.24, 2.45) is 13.0 Å². The molecule has 0 aliphatic carbocycles. The molecule has 0 saturated carbocycles. The third-order valence-electron chi connectivity index (χ3n) is 7.34. The van der Waals surface area contributed by atoms with Gasteiger partial charge in [0.15, 0.2) is 0 Å². The van der Waals surface area contributed by atoms with E-state index in [-0.39, 0.29) is 17.4 Å². The zero-order valence-electron chi connectivity index (χ0n) is 21.0. The standard InChI is InChI=1S/C26H32N6O3/c1-16-10-19-20(30(4)26(16)34)11-18(35-5)12-21(19)32-9-8-29(3)22-13-24(28-14-23(22)32)31-7-6-17(15-31)25(33)27-2/h10-14,17H,6-9,15H2,1-5H3,(H,27,33). The summed E-state index contributed by atoms with van der Waals surface area (Å²) in [6, 6.07) is 8.03. The van der Waals surface area contributed by atoms with Gasteiger partial charge in [-0.3, -0.25) is 9.59 Å². The normalized spacial score (nSPS) is 17.6. The number of ether oxygens (including phenoxy) is 1. The monoisotopic (exact) mass is 476 g/mol. The third kappa shape index (κ3) is 3.84. The van der Waals surface area contributed by atoms with Crippen LogP contribution in [-0.4, -0.2) is 62.8 Å². The van der Waals surface area contributed by atoms with Crippen LogP contribution < -0.4 is 30.3 Å². The minimum Gasteiger partial charge on any atom is -0.497 e. The van der Waals surface area contributed by atoms with Crippen LogP contribution >= 0.6 is 0 Å². The van der Waals surface area contributed by atoms with Gasteiger partial charge in [-0.2, -0.15) is 0 Å². The second-order valence-electron chi connectivity index (χ2n) is 9.42. The molecule has 0 radical (unpaired) electrons. The van der Waals surface area contributed by atoms with Gasteiger partial charge in [0.25, 0.3) is 5.56 Å². The van der Waals surface area contributed by atoms with Crippen molar-refractivity contribution >= 4 is 39.7 Å². The predicted molar refractivity (Wildman–Crippen MR) is 139 cm³/mol. The molecule has 4 heterocycles. The number of anilines is 4. The van der Waals surface area contributed by atoms with Gasteiger partial charge in [-0.05, 0) is 19.4 Å². The lowest BCUT2D eigenvalue weighted by molar-refractivity contribution is -0.123. The number of fused-ring (bicyclic) bond motifs is 2. The minimum absolute atomic E-state index is 0.00917. The molecule has 0 spiro atoms. The molecule has 1 aromatic carbocycles. The minimum atomic E-state index is -0.0116. The van der Waals surface area contributed by atoms with Gasteiger partial charge < -0.3 is 29.3 Å². The zero-order chi connectivity index (χ0) is 24.9. The molecule has 1 saturated heterocycles. The Morgan fingerprint density at radius 3 is 2.63 bits per heavy atom. The van der Waals surface area contributed by atoms with Crippen LogP contribution in [0.15, 0.2) is 35.3 Å². The number of rotatable bonds is 4. The van der Waals surface area contributed by atoms with Gasteiger partial charge in [0.1, 0.15) is 11.6 Å². The van der Waals surface area contributed by atoms with E-state index in [1.807, 2.05) is 31.3 Å². The summed E-state index contributed by atoms with van der Waals surface area (Å²) in [4.78, 5) is 36.2. The van der Waals surface area contributed by atoms with Crippen LogP contribution in [0.2, 0.25) is 0 Å². The predicted octanol–water partition coefficient (Wildman–Crippen LogP) is 2.41. The van der Waals surface area contributed by atoms with Crippen LogP contribution in [0, 0.1) is 12.8 Å². The number of amides is 1. The summed E-state index contributed by atoms with van der Waals surface area (Å²) in [6.45, 7) is 4.94. The van der Waals surface area contributed by atoms with Crippen molar-refractivity contribution in [2.75, 3.05) is 62.1 Å². The fraction of sp³-hybridized carbons (Fsp3) is 0.423. The lowest BCUT2D eigenvalue weighted by Gasteiger charge is -2.38. The number of hydrogen-bond donors (Lipinski definition) is 1. The van der Waals surface area contributed by atoms with Gasteiger partial charge in [0.2, 0.25) is 5.91 Å². The number of carbonyl (C=O) groups excluding carboxylic acids is 1. The first kappa shape index (κ1) is 23.0. The summed E-state index contributed by atoms with van der Waals surface area (Å²) in [6.07, 6.45) is 2.75. The van der Waals surface area contributed by atoms with E-state index >= 15 is 0 Å². The average molecular weight is 477 g/mol. The van der Waals surface area contributed by atoms with Gasteiger partial charge in [-0.25, -0.2) is 4.98 Å². The Kier molecular flexibility index (Phi) is 5.78. The van der Waals surface area contributed by atoms with Gasteiger partial charge >= 0.3 is 0 Å². The van der Waals surface area contributed by atoms with Crippen LogP contribution in [0.3, 0.4) is 0 Å². The number of nitrogens with zero attached hydrogens (tertiary/aromatic N) is 5. The molecule has 1 amide bonds. The van der Waals surface area contributed by atoms with Gasteiger partial charge in [0, 0.05) is 76.5 Å². The molecular weight excluding hydrogens is 444 g/mol. The highest BCUT2D eigenvalue weighted by molar-refractivity contribution is 5.98. The highest BCUT2D eigenvalue weighted by Gasteiger charge is 2.30. The molecule has 0 bridgehead atoms. The number of nitrogens with one attached hydrogen (secondary N) is 1. The quantitative estimate of drug-likeness (QED) is 0.619. The van der Waals surface area contributed by atoms with E-state index in [1.54, 1.807) is 25.8 Å². The average Bonchev–Trinajstić information content (AvgIpc) is 3.37. The molecule has 3 aromatic rings. The zero-order valence-corrected chi connectivity index (χ0v) is 21.0. The fourth-order valence-corrected chi connectivity index (χ4v) is 5.26. The first-order chi connectivity index (χ1) is 16.8. The fourth-order valence-electron chi connectivity index (χ4n) is 5.26. The maximum Gasteiger partial charge on any atom is 0.253 e. The Labute approximate surface area is 204 Å². The number of carbonyl (C=O) groups is 1. The maximum atomic E-state index is 12.6. The van der Waals surface area contributed by atoms with E-state index < -0.39 is 0 Å². The van der Waals surface area contributed by atoms with Crippen molar-refractivity contribution in [3.05, 3.63) is 46.4 Å². The number of hydrogen-bond acceptors (Lipinski definition) is 7. The van der Waals surface area contributed by atoms with Crippen LogP contribution in [0.25, 0.3) is 10.9 Å². The molecule has 9 nitrogen and oxygen atoms in total. The Bertz CT molecular complexity index is 1370. The van der Waals surface area contributed by atoms with Crippen LogP contribution in [0.1, 0.15) is 12.0 Å². The Morgan fingerprint density at radius 1 is 1.09 bits per heavy atom. The summed E-state index contributed by atoms with van der Waals surface area (Å²) in [5.74, 6) is 1.67. The summed E-state index contributed by atoms with van der Waals surface area (Å²) in [5.41, 5.74) is 4.60. The van der Waals surface area contributed by atoms with Crippen molar-refractivity contribution in [3.63, 3.8) is 0 Å². The number of benzene rings is 1. The molecule has 35 heavy (non-hydrogen) atoms. The largest absolute Gasteiger partial charge is 0.497 e. The Morgan fingerprint density at radius 2 is 1.89 bits per heavy atom. The molecule has 9 heteroatoms. The molecule has 5 rings (SSSR count). The second kappa shape index (κ2) is 8.79. The molecule has 1 N–H and O–H groups in total. The van der Waals surface area contributed by atoms with Crippen LogP contribution in [0.4, 0.5) is 22.9 Å². The molecule has 1 unspecified atom stereocenters. The number of pyridine rings is 2. The molecule has 2 aromatic heterocycles. The van der Waals surface area contributed by atoms with E-state index in [1.165, 1.54) is 0 Å². The molecule has 2 aliphatic heterocycles. The Balaban J connectivity index is 1.59. The number of aryl methyl sites for hydroxylation is 2. The molecule has 2 aliphatic rings. The van der Waals surface area contributed by atoms with Crippen molar-refractivity contribution in [1.82, 2.24) is 14.9 Å².